The molecule has 92 valence electrons. The van der Waals surface area contributed by atoms with Gasteiger partial charge in [0, 0.05) is 10.5 Å². The van der Waals surface area contributed by atoms with Crippen molar-refractivity contribution in [1.82, 2.24) is 0 Å². The Morgan fingerprint density at radius 3 is 2.71 bits per heavy atom. The van der Waals surface area contributed by atoms with Crippen LogP contribution in [0.3, 0.4) is 0 Å². The summed E-state index contributed by atoms with van der Waals surface area (Å²) in [7, 11) is 0. The zero-order valence-corrected chi connectivity index (χ0v) is 9.08. The highest BCUT2D eigenvalue weighted by Gasteiger charge is 2.22. The summed E-state index contributed by atoms with van der Waals surface area (Å²) in [6, 6.07) is 2.03. The van der Waals surface area contributed by atoms with E-state index in [0.717, 1.165) is 12.1 Å². The maximum atomic E-state index is 13.1. The molecule has 0 aliphatic heterocycles. The minimum Gasteiger partial charge on any atom is -0.507 e. The second-order valence-electron chi connectivity index (χ2n) is 3.59. The molecule has 1 aromatic carbocycles. The van der Waals surface area contributed by atoms with Gasteiger partial charge in [0.05, 0.1) is 12.6 Å². The molecule has 2 unspecified atom stereocenters. The maximum absolute atomic E-state index is 13.1. The highest BCUT2D eigenvalue weighted by atomic mass is 19.1. The van der Waals surface area contributed by atoms with E-state index in [1.165, 1.54) is 6.92 Å². The number of aliphatic hydroxyl groups is 2. The molecule has 0 heterocycles. The number of phenolic OH excluding ortho intramolecular Hbond substituents is 1. The van der Waals surface area contributed by atoms with Crippen LogP contribution >= 0.6 is 0 Å². The van der Waals surface area contributed by atoms with Crippen LogP contribution in [0.15, 0.2) is 17.2 Å². The van der Waals surface area contributed by atoms with Gasteiger partial charge >= 0.3 is 0 Å². The molecular formula is C10H12FN3O3. The third-order valence-electron chi connectivity index (χ3n) is 2.31. The van der Waals surface area contributed by atoms with Gasteiger partial charge < -0.3 is 15.3 Å². The highest BCUT2D eigenvalue weighted by Crippen LogP contribution is 2.30. The number of azide groups is 1. The lowest BCUT2D eigenvalue weighted by molar-refractivity contribution is 0.0228. The average Bonchev–Trinajstić information content (AvgIpc) is 2.29. The van der Waals surface area contributed by atoms with Gasteiger partial charge in [-0.05, 0) is 30.2 Å². The van der Waals surface area contributed by atoms with Crippen LogP contribution in [0.4, 0.5) is 4.39 Å². The number of phenols is 1. The topological polar surface area (TPSA) is 109 Å². The lowest BCUT2D eigenvalue weighted by Gasteiger charge is -2.18. The van der Waals surface area contributed by atoms with Crippen LogP contribution in [0.25, 0.3) is 10.4 Å². The fourth-order valence-electron chi connectivity index (χ4n) is 1.41. The minimum atomic E-state index is -1.52. The van der Waals surface area contributed by atoms with E-state index < -0.39 is 18.0 Å². The fourth-order valence-corrected chi connectivity index (χ4v) is 1.41. The van der Waals surface area contributed by atoms with Crippen molar-refractivity contribution in [3.05, 3.63) is 39.5 Å². The quantitative estimate of drug-likeness (QED) is 0.422. The molecule has 0 spiro atoms. The molecule has 0 saturated heterocycles. The van der Waals surface area contributed by atoms with Crippen LogP contribution in [0, 0.1) is 12.7 Å². The van der Waals surface area contributed by atoms with Crippen LogP contribution in [0.5, 0.6) is 5.75 Å². The molecule has 0 saturated carbocycles. The Balaban J connectivity index is 3.02. The van der Waals surface area contributed by atoms with E-state index >= 15 is 0 Å². The van der Waals surface area contributed by atoms with Gasteiger partial charge in [0.1, 0.15) is 17.7 Å². The number of hydrogen-bond donors (Lipinski definition) is 3. The molecule has 0 bridgehead atoms. The molecule has 0 aliphatic rings. The first-order valence-corrected chi connectivity index (χ1v) is 4.83. The molecule has 3 N–H and O–H groups in total. The number of aryl methyl sites for hydroxylation is 1. The largest absolute Gasteiger partial charge is 0.507 e. The van der Waals surface area contributed by atoms with Crippen molar-refractivity contribution in [3.63, 3.8) is 0 Å². The van der Waals surface area contributed by atoms with Gasteiger partial charge in [0.25, 0.3) is 0 Å². The number of halogens is 1. The monoisotopic (exact) mass is 241 g/mol. The summed E-state index contributed by atoms with van der Waals surface area (Å²) in [5.74, 6) is -0.927. The van der Waals surface area contributed by atoms with Crippen molar-refractivity contribution < 1.29 is 19.7 Å². The number of rotatable bonds is 4. The second kappa shape index (κ2) is 5.49. The van der Waals surface area contributed by atoms with Gasteiger partial charge in [-0.1, -0.05) is 5.11 Å². The molecule has 0 amide bonds. The first-order valence-electron chi connectivity index (χ1n) is 4.83. The summed E-state index contributed by atoms with van der Waals surface area (Å²) < 4.78 is 13.1. The number of aliphatic hydroxyl groups excluding tert-OH is 2. The number of benzene rings is 1. The lowest BCUT2D eigenvalue weighted by atomic mass is 10.0. The molecule has 0 fully saturated rings. The summed E-state index contributed by atoms with van der Waals surface area (Å²) in [5, 5.41) is 31.9. The summed E-state index contributed by atoms with van der Waals surface area (Å²) >= 11 is 0. The Morgan fingerprint density at radius 2 is 2.12 bits per heavy atom. The summed E-state index contributed by atoms with van der Waals surface area (Å²) in [6.45, 7) is 1.10. The van der Waals surface area contributed by atoms with Gasteiger partial charge in [-0.2, -0.15) is 0 Å². The molecule has 0 radical (unpaired) electrons. The van der Waals surface area contributed by atoms with Gasteiger partial charge in [-0.3, -0.25) is 0 Å². The van der Waals surface area contributed by atoms with Crippen LogP contribution in [-0.2, 0) is 0 Å². The van der Waals surface area contributed by atoms with Crippen molar-refractivity contribution in [3.8, 4) is 5.75 Å². The van der Waals surface area contributed by atoms with Crippen molar-refractivity contribution in [2.75, 3.05) is 6.54 Å². The van der Waals surface area contributed by atoms with Crippen LogP contribution in [0.1, 0.15) is 17.2 Å². The standard InChI is InChI=1S/C10H12FN3O3/c1-5-2-6(11)3-7(9(5)16)10(17)8(15)4-13-14-12/h2-3,8,10,15-17H,4H2,1H3. The average molecular weight is 241 g/mol. The Labute approximate surface area is 96.6 Å². The van der Waals surface area contributed by atoms with E-state index in [-0.39, 0.29) is 23.4 Å². The maximum Gasteiger partial charge on any atom is 0.124 e. The predicted molar refractivity (Wildman–Crippen MR) is 57.8 cm³/mol. The molecular weight excluding hydrogens is 229 g/mol. The molecule has 2 atom stereocenters. The Hall–Kier alpha value is -1.82. The molecule has 6 nitrogen and oxygen atoms in total. The molecule has 0 aromatic heterocycles. The van der Waals surface area contributed by atoms with Crippen molar-refractivity contribution in [2.45, 2.75) is 19.1 Å². The summed E-state index contributed by atoms with van der Waals surface area (Å²) in [6.07, 6.45) is -2.92. The van der Waals surface area contributed by atoms with Crippen molar-refractivity contribution >= 4 is 0 Å². The van der Waals surface area contributed by atoms with Crippen molar-refractivity contribution in [1.29, 1.82) is 0 Å². The van der Waals surface area contributed by atoms with Crippen LogP contribution in [-0.4, -0.2) is 28.0 Å². The second-order valence-corrected chi connectivity index (χ2v) is 3.59. The predicted octanol–water partition coefficient (Wildman–Crippen LogP) is 1.54. The zero-order chi connectivity index (χ0) is 13.0. The molecule has 1 aromatic rings. The third-order valence-corrected chi connectivity index (χ3v) is 2.31. The number of hydrogen-bond acceptors (Lipinski definition) is 4. The normalized spacial score (nSPS) is 13.9. The Kier molecular flexibility index (Phi) is 4.28. The molecule has 1 rings (SSSR count). The van der Waals surface area contributed by atoms with E-state index in [4.69, 9.17) is 5.53 Å². The Morgan fingerprint density at radius 1 is 1.47 bits per heavy atom. The SMILES string of the molecule is Cc1cc(F)cc(C(O)C(O)CN=[N+]=[N-])c1O. The first kappa shape index (κ1) is 13.2. The molecule has 17 heavy (non-hydrogen) atoms. The lowest BCUT2D eigenvalue weighted by Crippen LogP contribution is -2.21. The van der Waals surface area contributed by atoms with E-state index in [9.17, 15) is 19.7 Å². The number of aromatic hydroxyl groups is 1. The Bertz CT molecular complexity index is 460. The van der Waals surface area contributed by atoms with Crippen LogP contribution in [0.2, 0.25) is 0 Å². The zero-order valence-electron chi connectivity index (χ0n) is 9.08. The molecule has 7 heteroatoms. The van der Waals surface area contributed by atoms with E-state index in [1.54, 1.807) is 0 Å². The summed E-state index contributed by atoms with van der Waals surface area (Å²) in [4.78, 5) is 2.43. The van der Waals surface area contributed by atoms with Gasteiger partial charge in [-0.15, -0.1) is 0 Å². The van der Waals surface area contributed by atoms with E-state index in [0.29, 0.717) is 0 Å². The fraction of sp³-hybridized carbons (Fsp3) is 0.400. The van der Waals surface area contributed by atoms with Crippen LogP contribution < -0.4 is 0 Å². The van der Waals surface area contributed by atoms with Crippen molar-refractivity contribution in [2.24, 2.45) is 5.11 Å². The third kappa shape index (κ3) is 3.07. The molecule has 0 aliphatic carbocycles. The first-order chi connectivity index (χ1) is 7.97. The van der Waals surface area contributed by atoms with Gasteiger partial charge in [-0.25, -0.2) is 4.39 Å². The number of nitrogens with zero attached hydrogens (tertiary/aromatic N) is 3. The van der Waals surface area contributed by atoms with E-state index in [1.807, 2.05) is 0 Å². The van der Waals surface area contributed by atoms with Gasteiger partial charge in [0.15, 0.2) is 0 Å². The summed E-state index contributed by atoms with van der Waals surface area (Å²) in [5.41, 5.74) is 8.18. The smallest absolute Gasteiger partial charge is 0.124 e. The minimum absolute atomic E-state index is 0.136. The van der Waals surface area contributed by atoms with Gasteiger partial charge in [0.2, 0.25) is 0 Å². The highest BCUT2D eigenvalue weighted by molar-refractivity contribution is 5.41. The van der Waals surface area contributed by atoms with E-state index in [2.05, 4.69) is 10.0 Å².